The molecular formula is C59H63O3OsPS2+. The van der Waals surface area contributed by atoms with E-state index in [1.54, 1.807) is 29.3 Å². The molecule has 2 unspecified atom stereocenters. The monoisotopic (exact) mass is 1110 g/mol. The summed E-state index contributed by atoms with van der Waals surface area (Å²) in [6.45, 7) is 14.1. The molecule has 3 heterocycles. The van der Waals surface area contributed by atoms with E-state index in [2.05, 4.69) is 154 Å². The summed E-state index contributed by atoms with van der Waals surface area (Å²) in [5.41, 5.74) is 5.36. The van der Waals surface area contributed by atoms with Crippen LogP contribution in [0.2, 0.25) is 0 Å². The standard InChI is InChI=1S/C59H63O3PS2.Os/c1-8-14-26-42(11-4)36-52-56-57(53(65-52)37-43(12-5)27-15-9-2)59(61)55-51(64-50(25-10-3)54(55)58(56)60)35-34-45(38-46-40-62-39-44(46)13-6)41(7)63(47-28-19-16-20-29-47,48-30-21-17-22-31-48)49-32-23-18-24-33-49;/h10,13,16-25,28-33,38,42-43H,8-9,11-12,14-15,26-27,36-37,39-40H2,1-6H3;/q+1;/b25-10+,44-13?,45-41?,46-38?;. The number of hydrogen-bond donors (Lipinski definition) is 0. The van der Waals surface area contributed by atoms with Crippen molar-refractivity contribution in [2.75, 3.05) is 13.2 Å². The Labute approximate surface area is 413 Å². The number of ketones is 2. The molecule has 66 heavy (non-hydrogen) atoms. The Morgan fingerprint density at radius 3 is 1.65 bits per heavy atom. The number of carbonyl (C=O) groups excluding carboxylic acids is 2. The van der Waals surface area contributed by atoms with Crippen molar-refractivity contribution in [1.82, 2.24) is 0 Å². The molecule has 7 heteroatoms. The van der Waals surface area contributed by atoms with Crippen LogP contribution >= 0.6 is 29.9 Å². The van der Waals surface area contributed by atoms with Crippen LogP contribution in [0, 0.1) is 28.0 Å². The van der Waals surface area contributed by atoms with Crippen molar-refractivity contribution in [2.45, 2.75) is 106 Å². The molecule has 1 aliphatic heterocycles. The Balaban J connectivity index is 1.50. The van der Waals surface area contributed by atoms with Gasteiger partial charge in [-0.15, -0.1) is 0 Å². The van der Waals surface area contributed by atoms with E-state index in [0.717, 1.165) is 94.5 Å². The normalized spacial score (nSPS) is 16.2. The average molecular weight is 1110 g/mol. The molecule has 2 atom stereocenters. The van der Waals surface area contributed by atoms with Gasteiger partial charge in [0.25, 0.3) is 0 Å². The number of unbranched alkanes of at least 4 members (excludes halogenated alkanes) is 2. The number of rotatable bonds is 18. The fourth-order valence-electron chi connectivity index (χ4n) is 9.60. The second-order valence-corrected chi connectivity index (χ2v) is 23.6. The summed E-state index contributed by atoms with van der Waals surface area (Å²) in [6.07, 6.45) is 18.9. The van der Waals surface area contributed by atoms with Crippen LogP contribution in [-0.4, -0.2) is 24.8 Å². The third-order valence-corrected chi connectivity index (χ3v) is 20.9. The van der Waals surface area contributed by atoms with Gasteiger partial charge in [-0.3, -0.25) is 0 Å². The number of ether oxygens (including phenoxy) is 1. The molecule has 5 aromatic rings. The predicted octanol–water partition coefficient (Wildman–Crippen LogP) is 14.1. The van der Waals surface area contributed by atoms with Crippen molar-refractivity contribution in [3.05, 3.63) is 173 Å². The van der Waals surface area contributed by atoms with Gasteiger partial charge in [-0.05, 0) is 5.92 Å². The van der Waals surface area contributed by atoms with E-state index in [9.17, 15) is 0 Å². The van der Waals surface area contributed by atoms with E-state index in [-0.39, 0.29) is 11.6 Å². The summed E-state index contributed by atoms with van der Waals surface area (Å²) in [5, 5.41) is 4.62. The van der Waals surface area contributed by atoms with Gasteiger partial charge >= 0.3 is 331 Å². The van der Waals surface area contributed by atoms with Gasteiger partial charge in [0, 0.05) is 0 Å². The van der Waals surface area contributed by atoms with E-state index in [1.165, 1.54) is 33.7 Å². The molecule has 3 nitrogen and oxygen atoms in total. The molecule has 1 aliphatic carbocycles. The van der Waals surface area contributed by atoms with Crippen molar-refractivity contribution >= 4 is 63.5 Å². The van der Waals surface area contributed by atoms with Gasteiger partial charge in [-0.1, -0.05) is 79.1 Å². The maximum atomic E-state index is 15.6. The summed E-state index contributed by atoms with van der Waals surface area (Å²) < 4.78 is 9.86. The zero-order valence-corrected chi connectivity index (χ0v) is 44.5. The fourth-order valence-corrected chi connectivity index (χ4v) is 18.0. The minimum atomic E-state index is -2.63. The summed E-state index contributed by atoms with van der Waals surface area (Å²) >= 11 is 4.96. The molecule has 0 N–H and O–H groups in total. The van der Waals surface area contributed by atoms with Gasteiger partial charge in [-0.2, -0.15) is 0 Å². The van der Waals surface area contributed by atoms with Gasteiger partial charge in [0.05, 0.1) is 0 Å². The minimum absolute atomic E-state index is 0.0144. The fraction of sp³-hybridized carbons (Fsp3) is 0.339. The predicted molar refractivity (Wildman–Crippen MR) is 280 cm³/mol. The van der Waals surface area contributed by atoms with Crippen molar-refractivity contribution in [2.24, 2.45) is 11.8 Å². The summed E-state index contributed by atoms with van der Waals surface area (Å²) in [7, 11) is -2.63. The van der Waals surface area contributed by atoms with Crippen LogP contribution in [0.3, 0.4) is 0 Å². The van der Waals surface area contributed by atoms with Crippen molar-refractivity contribution in [1.29, 1.82) is 0 Å². The molecule has 2 aromatic heterocycles. The Morgan fingerprint density at radius 1 is 0.697 bits per heavy atom. The second-order valence-electron chi connectivity index (χ2n) is 17.4. The first-order chi connectivity index (χ1) is 32.3. The molecule has 0 saturated carbocycles. The topological polar surface area (TPSA) is 43.4 Å². The third-order valence-electron chi connectivity index (χ3n) is 13.3. The van der Waals surface area contributed by atoms with E-state index in [4.69, 9.17) is 4.74 Å². The quantitative estimate of drug-likeness (QED) is 0.0636. The van der Waals surface area contributed by atoms with Crippen LogP contribution in [-0.2, 0) is 35.5 Å². The first kappa shape index (κ1) is 49.6. The molecule has 1 fully saturated rings. The third kappa shape index (κ3) is 10.3. The van der Waals surface area contributed by atoms with E-state index < -0.39 is 7.26 Å². The molecule has 0 amide bonds. The number of benzene rings is 3. The molecular weight excluding hydrogens is 1040 g/mol. The molecule has 7 rings (SSSR count). The Hall–Kier alpha value is -4.27. The molecule has 0 bridgehead atoms. The van der Waals surface area contributed by atoms with Crippen LogP contribution in [0.1, 0.15) is 144 Å². The van der Waals surface area contributed by atoms with E-state index >= 15 is 9.59 Å². The Kier molecular flexibility index (Phi) is 17.8. The van der Waals surface area contributed by atoms with Gasteiger partial charge < -0.3 is 0 Å². The molecule has 0 radical (unpaired) electrons. The first-order valence-corrected chi connectivity index (χ1v) is 28.6. The number of hydrogen-bond acceptors (Lipinski definition) is 5. The number of carbonyl (C=O) groups is 2. The van der Waals surface area contributed by atoms with Gasteiger partial charge in [0.15, 0.2) is 0 Å². The number of allylic oxidation sites excluding steroid dienone is 5. The van der Waals surface area contributed by atoms with Gasteiger partial charge in [0.1, 0.15) is 0 Å². The number of fused-ring (bicyclic) bond motifs is 2. The summed E-state index contributed by atoms with van der Waals surface area (Å²) in [4.78, 5) is 34.5. The first-order valence-electron chi connectivity index (χ1n) is 23.9. The molecule has 3 aromatic carbocycles. The van der Waals surface area contributed by atoms with Crippen LogP contribution in [0.4, 0.5) is 0 Å². The summed E-state index contributed by atoms with van der Waals surface area (Å²) in [6, 6.07) is 32.4. The van der Waals surface area contributed by atoms with Crippen molar-refractivity contribution in [3.8, 4) is 16.2 Å². The maximum absolute atomic E-state index is 15.6. The molecule has 341 valence electrons. The van der Waals surface area contributed by atoms with Crippen LogP contribution in [0.5, 0.6) is 0 Å². The van der Waals surface area contributed by atoms with Crippen molar-refractivity contribution in [3.63, 3.8) is 0 Å². The van der Waals surface area contributed by atoms with Crippen molar-refractivity contribution < 1.29 is 32.3 Å². The summed E-state index contributed by atoms with van der Waals surface area (Å²) in [5.74, 6) is 8.25. The van der Waals surface area contributed by atoms with Gasteiger partial charge in [-0.25, -0.2) is 0 Å². The zero-order chi connectivity index (χ0) is 46.6. The number of thiophene rings is 2. The Morgan fingerprint density at radius 2 is 1.20 bits per heavy atom. The van der Waals surface area contributed by atoms with Crippen LogP contribution in [0.25, 0.3) is 6.08 Å². The Bertz CT molecular complexity index is 2660. The van der Waals surface area contributed by atoms with Gasteiger partial charge in [0.2, 0.25) is 0 Å². The SMILES string of the molecule is CC=C1COCC1=CC(C#Cc1sc(/C=C/C)c2c1C(=O)c1c(CC(CC)CCCC)sc(CC(CC)CCCC)c1C2=O)=C([C]#[Os])[P+](c1ccccc1)(c1ccccc1)c1ccccc1. The molecule has 1 saturated heterocycles. The molecule has 2 aliphatic rings. The zero-order valence-electron chi connectivity index (χ0n) is 39.5. The van der Waals surface area contributed by atoms with E-state index in [0.29, 0.717) is 52.2 Å². The molecule has 0 spiro atoms. The van der Waals surface area contributed by atoms with Crippen LogP contribution < -0.4 is 15.9 Å². The average Bonchev–Trinajstić information content (AvgIpc) is 4.08. The van der Waals surface area contributed by atoms with E-state index in [1.807, 2.05) is 19.1 Å². The van der Waals surface area contributed by atoms with Crippen LogP contribution in [0.15, 0.2) is 131 Å². The second kappa shape index (κ2) is 23.6.